The summed E-state index contributed by atoms with van der Waals surface area (Å²) < 4.78 is 1.98. The van der Waals surface area contributed by atoms with Crippen LogP contribution in [-0.4, -0.2) is 32.6 Å². The molecule has 0 radical (unpaired) electrons. The van der Waals surface area contributed by atoms with Crippen LogP contribution in [0.2, 0.25) is 10.0 Å². The summed E-state index contributed by atoms with van der Waals surface area (Å²) in [6.07, 6.45) is 1.95. The lowest BCUT2D eigenvalue weighted by molar-refractivity contribution is 0.0975. The molecule has 2 amide bonds. The van der Waals surface area contributed by atoms with Crippen LogP contribution in [0.25, 0.3) is 59.4 Å². The highest BCUT2D eigenvalue weighted by Crippen LogP contribution is 2.47. The van der Waals surface area contributed by atoms with Crippen LogP contribution in [0.1, 0.15) is 48.1 Å². The number of allylic oxidation sites excluding steroid dienone is 1. The average molecular weight is 898 g/mol. The van der Waals surface area contributed by atoms with Crippen molar-refractivity contribution in [2.75, 3.05) is 5.32 Å². The van der Waals surface area contributed by atoms with Crippen LogP contribution in [0.3, 0.4) is 0 Å². The number of aryl methyl sites for hydroxylation is 2. The number of carbonyl (C=O) groups is 2. The first-order chi connectivity index (χ1) is 30.7. The predicted octanol–water partition coefficient (Wildman–Crippen LogP) is 13.5. The lowest BCUT2D eigenvalue weighted by Gasteiger charge is -2.11. The Balaban J connectivity index is 1.25. The predicted molar refractivity (Wildman–Crippen MR) is 261 cm³/mol. The Bertz CT molecular complexity index is 3310. The van der Waals surface area contributed by atoms with Crippen molar-refractivity contribution < 1.29 is 9.59 Å². The molecule has 63 heavy (non-hydrogen) atoms. The highest BCUT2D eigenvalue weighted by Gasteiger charge is 2.32. The number of halogens is 2. The molecule has 0 aliphatic carbocycles. The second kappa shape index (κ2) is 16.7. The first kappa shape index (κ1) is 40.1. The van der Waals surface area contributed by atoms with E-state index >= 15 is 0 Å². The second-order valence-corrected chi connectivity index (χ2v) is 17.9. The summed E-state index contributed by atoms with van der Waals surface area (Å²) in [5.74, 6) is 0.219. The number of aromatic amines is 1. The first-order valence-electron chi connectivity index (χ1n) is 20.0. The van der Waals surface area contributed by atoms with Gasteiger partial charge in [0.1, 0.15) is 21.7 Å². The lowest BCUT2D eigenvalue weighted by atomic mass is 9.96. The van der Waals surface area contributed by atoms with E-state index in [1.165, 1.54) is 22.7 Å². The quantitative estimate of drug-likeness (QED) is 0.141. The number of para-hydroxylation sites is 2. The minimum atomic E-state index is -0.303. The molecule has 3 aromatic heterocycles. The van der Waals surface area contributed by atoms with Gasteiger partial charge in [0.2, 0.25) is 0 Å². The molecule has 0 bridgehead atoms. The van der Waals surface area contributed by atoms with E-state index in [0.29, 0.717) is 65.4 Å². The molecule has 0 atom stereocenters. The highest BCUT2D eigenvalue weighted by molar-refractivity contribution is 7.21. The number of hydrogen-bond donors (Lipinski definition) is 3. The molecule has 1 aliphatic rings. The average Bonchev–Trinajstić information content (AvgIpc) is 4.07. The van der Waals surface area contributed by atoms with Crippen molar-refractivity contribution in [2.45, 2.75) is 13.8 Å². The number of aliphatic imine (C=N–C) groups is 1. The number of amides is 2. The number of nitrogens with zero attached hydrogens (tertiary/aromatic N) is 3. The second-order valence-electron chi connectivity index (χ2n) is 14.9. The summed E-state index contributed by atoms with van der Waals surface area (Å²) >= 11 is 16.0. The fourth-order valence-electron chi connectivity index (χ4n) is 7.75. The first-order valence-corrected chi connectivity index (χ1v) is 22.4. The van der Waals surface area contributed by atoms with Crippen molar-refractivity contribution in [1.82, 2.24) is 20.3 Å². The zero-order valence-corrected chi connectivity index (χ0v) is 36.8. The Hall–Kier alpha value is -6.95. The molecule has 12 heteroatoms. The summed E-state index contributed by atoms with van der Waals surface area (Å²) in [4.78, 5) is 47.5. The van der Waals surface area contributed by atoms with E-state index in [0.717, 1.165) is 53.8 Å². The van der Waals surface area contributed by atoms with Crippen molar-refractivity contribution >= 4 is 107 Å². The number of hydrogen-bond acceptors (Lipinski definition) is 7. The van der Waals surface area contributed by atoms with Gasteiger partial charge < -0.3 is 15.6 Å². The maximum absolute atomic E-state index is 14.2. The molecule has 0 saturated carbocycles. The number of amidine groups is 1. The molecule has 306 valence electrons. The minimum Gasteiger partial charge on any atom is -0.341 e. The van der Waals surface area contributed by atoms with Crippen LogP contribution < -0.4 is 10.6 Å². The number of benzene rings is 6. The topological polar surface area (TPSA) is 112 Å². The number of thiazole rings is 2. The number of fused-ring (bicyclic) bond motifs is 2. The Labute approximate surface area is 380 Å². The highest BCUT2D eigenvalue weighted by atomic mass is 35.5. The third kappa shape index (κ3) is 7.79. The van der Waals surface area contributed by atoms with E-state index in [1.54, 1.807) is 12.1 Å². The lowest BCUT2D eigenvalue weighted by Crippen LogP contribution is -2.31. The number of carbonyl (C=O) groups excluding carboxylic acids is 2. The largest absolute Gasteiger partial charge is 0.341 e. The van der Waals surface area contributed by atoms with E-state index < -0.39 is 0 Å². The van der Waals surface area contributed by atoms with Crippen molar-refractivity contribution in [1.29, 1.82) is 0 Å². The van der Waals surface area contributed by atoms with Crippen molar-refractivity contribution in [3.63, 3.8) is 0 Å². The summed E-state index contributed by atoms with van der Waals surface area (Å²) in [6, 6.07) is 45.9. The van der Waals surface area contributed by atoms with Crippen LogP contribution in [0, 0.1) is 13.8 Å². The van der Waals surface area contributed by atoms with Gasteiger partial charge in [-0.05, 0) is 103 Å². The monoisotopic (exact) mass is 896 g/mol. The van der Waals surface area contributed by atoms with Crippen LogP contribution in [-0.2, 0) is 0 Å². The van der Waals surface area contributed by atoms with Crippen LogP contribution in [0.4, 0.5) is 5.82 Å². The van der Waals surface area contributed by atoms with E-state index in [4.69, 9.17) is 38.2 Å². The molecule has 9 aromatic rings. The normalized spacial score (nSPS) is 13.3. The van der Waals surface area contributed by atoms with Gasteiger partial charge in [-0.3, -0.25) is 9.59 Å². The Morgan fingerprint density at radius 2 is 1.08 bits per heavy atom. The Morgan fingerprint density at radius 3 is 1.67 bits per heavy atom. The molecule has 6 aromatic carbocycles. The zero-order valence-electron chi connectivity index (χ0n) is 33.7. The SMILES string of the molecule is Cc1ccccc1C(=O)NC1=NC(=Cc2[nH]c(NC(=O)c3ccccc3C)c(-c3nc4ccccc4s3)c2-c2ccc(Cl)cc2)C(c2ccc(Cl)cc2)=C1c1nc2ccccc2s1. The summed E-state index contributed by atoms with van der Waals surface area (Å²) in [6.45, 7) is 3.82. The smallest absolute Gasteiger partial charge is 0.257 e. The van der Waals surface area contributed by atoms with Gasteiger partial charge >= 0.3 is 0 Å². The molecule has 10 rings (SSSR count). The molecular formula is C51H34Cl2N6O2S2. The van der Waals surface area contributed by atoms with E-state index in [2.05, 4.69) is 15.6 Å². The third-order valence-electron chi connectivity index (χ3n) is 10.8. The van der Waals surface area contributed by atoms with Gasteiger partial charge in [0.15, 0.2) is 0 Å². The van der Waals surface area contributed by atoms with E-state index in [1.807, 2.05) is 153 Å². The van der Waals surface area contributed by atoms with Crippen LogP contribution in [0.15, 0.2) is 156 Å². The van der Waals surface area contributed by atoms with Crippen molar-refractivity contribution in [3.8, 4) is 21.7 Å². The van der Waals surface area contributed by atoms with Gasteiger partial charge in [0.25, 0.3) is 11.8 Å². The molecule has 4 heterocycles. The molecular weight excluding hydrogens is 864 g/mol. The maximum atomic E-state index is 14.2. The molecule has 8 nitrogen and oxygen atoms in total. The molecule has 3 N–H and O–H groups in total. The van der Waals surface area contributed by atoms with Gasteiger partial charge in [0.05, 0.1) is 43.0 Å². The number of rotatable bonds is 8. The number of anilines is 1. The minimum absolute atomic E-state index is 0.279. The van der Waals surface area contributed by atoms with Crippen LogP contribution in [0.5, 0.6) is 0 Å². The van der Waals surface area contributed by atoms with Gasteiger partial charge in [-0.15, -0.1) is 22.7 Å². The third-order valence-corrected chi connectivity index (χ3v) is 13.4. The summed E-state index contributed by atoms with van der Waals surface area (Å²) in [5, 5.41) is 8.93. The summed E-state index contributed by atoms with van der Waals surface area (Å²) in [5.41, 5.74) is 10.0. The fraction of sp³-hybridized carbons (Fsp3) is 0.0392. The zero-order chi connectivity index (χ0) is 43.2. The van der Waals surface area contributed by atoms with Gasteiger partial charge in [-0.2, -0.15) is 0 Å². The standard InChI is InChI=1S/C51H34Cl2N6O2S2/c1-28-11-3-5-13-34(28)48(60)58-46-44(50-56-36-15-7-9-17-40(36)62-50)42(30-19-23-32(52)24-20-30)38(54-46)27-39-43(31-21-25-33(53)26-22-31)45(51-57-37-16-8-10-18-41(37)63-51)47(55-39)59-49(61)35-14-6-4-12-29(35)2/h3-27,54H,1-2H3,(H,58,60)(H,55,59,61). The molecule has 0 spiro atoms. The van der Waals surface area contributed by atoms with Gasteiger partial charge in [0, 0.05) is 32.3 Å². The van der Waals surface area contributed by atoms with E-state index in [-0.39, 0.29) is 11.8 Å². The number of H-pyrrole nitrogens is 1. The van der Waals surface area contributed by atoms with Crippen LogP contribution >= 0.6 is 45.9 Å². The van der Waals surface area contributed by atoms with Crippen molar-refractivity contribution in [3.05, 3.63) is 200 Å². The van der Waals surface area contributed by atoms with E-state index in [9.17, 15) is 9.59 Å². The Morgan fingerprint density at radius 1 is 0.571 bits per heavy atom. The fourth-order valence-corrected chi connectivity index (χ4v) is 10.0. The van der Waals surface area contributed by atoms with Gasteiger partial charge in [-0.1, -0.05) is 108 Å². The number of aromatic nitrogens is 3. The Kier molecular flexibility index (Phi) is 10.7. The summed E-state index contributed by atoms with van der Waals surface area (Å²) in [7, 11) is 0. The van der Waals surface area contributed by atoms with Crippen molar-refractivity contribution in [2.24, 2.45) is 4.99 Å². The molecule has 0 saturated heterocycles. The number of nitrogens with one attached hydrogen (secondary N) is 3. The van der Waals surface area contributed by atoms with Gasteiger partial charge in [-0.25, -0.2) is 15.0 Å². The molecule has 0 fully saturated rings. The maximum Gasteiger partial charge on any atom is 0.257 e. The molecule has 1 aliphatic heterocycles. The molecule has 0 unspecified atom stereocenters.